The smallest absolute Gasteiger partial charge is 0.0752 e. The first-order chi connectivity index (χ1) is 36.0. The largest absolute Gasteiger partial charge is 0.337 e. The number of fused-ring (bicyclic) bond motifs is 12. The Kier molecular flexibility index (Phi) is 10.2. The van der Waals surface area contributed by atoms with Crippen LogP contribution >= 0.6 is 0 Å². The van der Waals surface area contributed by atoms with E-state index in [1.165, 1.54) is 111 Å². The van der Waals surface area contributed by atoms with Gasteiger partial charge >= 0.3 is 0 Å². The average Bonchev–Trinajstić information content (AvgIpc) is 3.93. The van der Waals surface area contributed by atoms with Gasteiger partial charge in [0.1, 0.15) is 0 Å². The number of hydrogen-bond donors (Lipinski definition) is 0. The van der Waals surface area contributed by atoms with E-state index in [1.807, 2.05) is 0 Å². The van der Waals surface area contributed by atoms with Crippen molar-refractivity contribution >= 4 is 44.4 Å². The number of allylic oxidation sites excluding steroid dienone is 5. The number of rotatable bonds is 9. The van der Waals surface area contributed by atoms with Crippen molar-refractivity contribution in [2.24, 2.45) is 11.8 Å². The molecule has 4 aliphatic rings. The quantitative estimate of drug-likeness (QED) is 0.143. The monoisotopic (exact) mass is 937 g/mol. The zero-order chi connectivity index (χ0) is 48.6. The summed E-state index contributed by atoms with van der Waals surface area (Å²) in [4.78, 5) is 5.17. The van der Waals surface area contributed by atoms with Gasteiger partial charge in [0.15, 0.2) is 0 Å². The third-order valence-corrected chi connectivity index (χ3v) is 16.2. The van der Waals surface area contributed by atoms with E-state index < -0.39 is 5.41 Å². The van der Waals surface area contributed by atoms with E-state index in [2.05, 4.69) is 283 Å². The lowest BCUT2D eigenvalue weighted by atomic mass is 9.64. The normalized spacial score (nSPS) is 19.2. The van der Waals surface area contributed by atoms with Crippen molar-refractivity contribution in [2.75, 3.05) is 9.80 Å². The topological polar surface area (TPSA) is 11.4 Å². The molecule has 3 aliphatic carbocycles. The van der Waals surface area contributed by atoms with Gasteiger partial charge in [-0.15, -0.1) is 0 Å². The van der Waals surface area contributed by atoms with Crippen molar-refractivity contribution in [1.82, 2.24) is 4.57 Å². The van der Waals surface area contributed by atoms with Crippen LogP contribution in [-0.4, -0.2) is 10.6 Å². The summed E-state index contributed by atoms with van der Waals surface area (Å²) in [5, 5.41) is 2.56. The zero-order valence-electron chi connectivity index (χ0n) is 41.2. The highest BCUT2D eigenvalue weighted by Crippen LogP contribution is 2.64. The lowest BCUT2D eigenvalue weighted by Gasteiger charge is -2.43. The number of nitrogens with zero attached hydrogens (tertiary/aromatic N) is 3. The summed E-state index contributed by atoms with van der Waals surface area (Å²) in [7, 11) is 0. The molecule has 0 fully saturated rings. The van der Waals surface area contributed by atoms with Crippen molar-refractivity contribution in [3.63, 3.8) is 0 Å². The maximum absolute atomic E-state index is 2.68. The molecule has 3 unspecified atom stereocenters. The van der Waals surface area contributed by atoms with Crippen molar-refractivity contribution < 1.29 is 0 Å². The van der Waals surface area contributed by atoms with Crippen LogP contribution in [0.5, 0.6) is 0 Å². The summed E-state index contributed by atoms with van der Waals surface area (Å²) < 4.78 is 2.56. The summed E-state index contributed by atoms with van der Waals surface area (Å²) in [6.45, 7) is 5.49. The van der Waals surface area contributed by atoms with Crippen LogP contribution in [0, 0.1) is 11.8 Å². The second-order valence-corrected chi connectivity index (χ2v) is 20.5. The van der Waals surface area contributed by atoms with Gasteiger partial charge in [-0.25, -0.2) is 0 Å². The molecule has 0 saturated carbocycles. The lowest BCUT2D eigenvalue weighted by molar-refractivity contribution is 0.598. The molecule has 1 spiro atoms. The minimum Gasteiger partial charge on any atom is -0.337 e. The Morgan fingerprint density at radius 1 is 0.507 bits per heavy atom. The second kappa shape index (κ2) is 17.3. The van der Waals surface area contributed by atoms with E-state index in [0.29, 0.717) is 5.92 Å². The first-order valence-corrected chi connectivity index (χ1v) is 26.0. The molecule has 2 heterocycles. The standard InChI is InChI=1S/C70H55N3/c1-47-20-16-30-55(40-47)71(46-49-21-17-26-52(42-49)50-22-6-3-7-23-50)56-38-39-58-61-41-48(2)68(72(54-28-10-5-11-29-54)57-31-18-27-53(43-57)51-24-8-4-9-25-51)45-65(61)70(64(58)44-56)62-34-13-15-37-67(62)73-66-36-14-12-32-59(66)60-33-19-35-63(70)69(60)73/h3-19,21-45,47-48,68H,20,46H2,1-2H3/t47-,48?,68?,70?/m1/s1. The van der Waals surface area contributed by atoms with E-state index in [0.717, 1.165) is 13.0 Å². The molecule has 3 nitrogen and oxygen atoms in total. The van der Waals surface area contributed by atoms with Gasteiger partial charge in [-0.05, 0) is 140 Å². The summed E-state index contributed by atoms with van der Waals surface area (Å²) in [6.07, 6.45) is 13.5. The molecule has 0 saturated heterocycles. The Morgan fingerprint density at radius 2 is 1.15 bits per heavy atom. The number of hydrogen-bond acceptors (Lipinski definition) is 2. The highest BCUT2D eigenvalue weighted by atomic mass is 15.2. The molecule has 0 bridgehead atoms. The summed E-state index contributed by atoms with van der Waals surface area (Å²) in [5.41, 5.74) is 22.0. The van der Waals surface area contributed by atoms with Gasteiger partial charge in [0.25, 0.3) is 0 Å². The Morgan fingerprint density at radius 3 is 1.95 bits per heavy atom. The molecule has 0 amide bonds. The number of aromatic nitrogens is 1. The Bertz CT molecular complexity index is 3910. The van der Waals surface area contributed by atoms with Crippen molar-refractivity contribution in [1.29, 1.82) is 0 Å². The average molecular weight is 938 g/mol. The SMILES string of the molecule is CC1C=C2C(=CC1N(c1ccccc1)c1cccc(-c3ccccc3)c1)C1(c3cc(N(Cc4cccc(-c5ccccc5)c4)C4=C[C@H](C)CC=C4)ccc32)c2ccccc2-n2c3ccccc3c3cccc1c32. The fourth-order valence-electron chi connectivity index (χ4n) is 12.9. The maximum atomic E-state index is 2.68. The van der Waals surface area contributed by atoms with E-state index >= 15 is 0 Å². The molecule has 9 aromatic carbocycles. The number of anilines is 3. The van der Waals surface area contributed by atoms with Gasteiger partial charge < -0.3 is 14.4 Å². The van der Waals surface area contributed by atoms with E-state index in [-0.39, 0.29) is 12.0 Å². The fourth-order valence-corrected chi connectivity index (χ4v) is 12.9. The first-order valence-electron chi connectivity index (χ1n) is 26.0. The molecule has 4 atom stereocenters. The van der Waals surface area contributed by atoms with Gasteiger partial charge in [0.2, 0.25) is 0 Å². The Hall–Kier alpha value is -8.66. The first kappa shape index (κ1) is 43.2. The zero-order valence-corrected chi connectivity index (χ0v) is 41.2. The van der Waals surface area contributed by atoms with Crippen molar-refractivity contribution in [3.8, 4) is 27.9 Å². The second-order valence-electron chi connectivity index (χ2n) is 20.5. The van der Waals surface area contributed by atoms with Crippen LogP contribution in [0.25, 0.3) is 55.3 Å². The molecule has 350 valence electrons. The summed E-state index contributed by atoms with van der Waals surface area (Å²) in [6, 6.07) is 83.7. The third-order valence-electron chi connectivity index (χ3n) is 16.2. The van der Waals surface area contributed by atoms with Crippen LogP contribution < -0.4 is 9.80 Å². The molecule has 0 N–H and O–H groups in total. The predicted molar refractivity (Wildman–Crippen MR) is 306 cm³/mol. The highest BCUT2D eigenvalue weighted by Gasteiger charge is 2.54. The van der Waals surface area contributed by atoms with Crippen LogP contribution in [0.1, 0.15) is 48.1 Å². The number of benzene rings is 9. The molecule has 73 heavy (non-hydrogen) atoms. The molecule has 10 aromatic rings. The minimum absolute atomic E-state index is 0.00982. The van der Waals surface area contributed by atoms with E-state index in [4.69, 9.17) is 0 Å². The predicted octanol–water partition coefficient (Wildman–Crippen LogP) is 17.4. The van der Waals surface area contributed by atoms with Crippen molar-refractivity contribution in [2.45, 2.75) is 38.3 Å². The molecule has 0 radical (unpaired) electrons. The van der Waals surface area contributed by atoms with Gasteiger partial charge in [0.05, 0.1) is 28.2 Å². The highest BCUT2D eigenvalue weighted by molar-refractivity contribution is 6.13. The van der Waals surface area contributed by atoms with Gasteiger partial charge in [0, 0.05) is 40.1 Å². The summed E-state index contributed by atoms with van der Waals surface area (Å²) in [5.74, 6) is 0.594. The van der Waals surface area contributed by atoms with Crippen LogP contribution in [-0.2, 0) is 12.0 Å². The van der Waals surface area contributed by atoms with Gasteiger partial charge in [-0.1, -0.05) is 208 Å². The molecular weight excluding hydrogens is 883 g/mol. The van der Waals surface area contributed by atoms with Gasteiger partial charge in [-0.3, -0.25) is 0 Å². The van der Waals surface area contributed by atoms with Crippen LogP contribution in [0.4, 0.5) is 17.1 Å². The Labute approximate surface area is 428 Å². The van der Waals surface area contributed by atoms with E-state index in [9.17, 15) is 0 Å². The summed E-state index contributed by atoms with van der Waals surface area (Å²) >= 11 is 0. The molecule has 3 heteroatoms. The maximum Gasteiger partial charge on any atom is 0.0752 e. The fraction of sp³-hybridized carbons (Fsp3) is 0.114. The van der Waals surface area contributed by atoms with Crippen LogP contribution in [0.3, 0.4) is 0 Å². The lowest BCUT2D eigenvalue weighted by Crippen LogP contribution is -2.39. The number of para-hydroxylation sites is 4. The van der Waals surface area contributed by atoms with E-state index in [1.54, 1.807) is 0 Å². The van der Waals surface area contributed by atoms with Crippen molar-refractivity contribution in [3.05, 3.63) is 294 Å². The van der Waals surface area contributed by atoms with Gasteiger partial charge in [-0.2, -0.15) is 0 Å². The molecule has 1 aromatic heterocycles. The third kappa shape index (κ3) is 6.86. The Balaban J connectivity index is 1.02. The van der Waals surface area contributed by atoms with Crippen LogP contribution in [0.2, 0.25) is 0 Å². The van der Waals surface area contributed by atoms with Crippen LogP contribution in [0.15, 0.2) is 266 Å². The molecule has 1 aliphatic heterocycles. The molecule has 14 rings (SSSR count). The minimum atomic E-state index is -0.646. The molecular formula is C70H55N3.